The summed E-state index contributed by atoms with van der Waals surface area (Å²) < 4.78 is 11.4. The highest BCUT2D eigenvalue weighted by molar-refractivity contribution is 5.26. The molecular weight excluding hydrogens is 212 g/mol. The van der Waals surface area contributed by atoms with Crippen LogP contribution in [0.5, 0.6) is 5.75 Å². The van der Waals surface area contributed by atoms with E-state index < -0.39 is 0 Å². The van der Waals surface area contributed by atoms with Gasteiger partial charge >= 0.3 is 0 Å². The minimum atomic E-state index is 0.477. The molecule has 1 fully saturated rings. The van der Waals surface area contributed by atoms with Crippen LogP contribution in [-0.2, 0) is 4.74 Å². The summed E-state index contributed by atoms with van der Waals surface area (Å²) in [7, 11) is 0. The van der Waals surface area contributed by atoms with Crippen molar-refractivity contribution in [1.82, 2.24) is 0 Å². The van der Waals surface area contributed by atoms with Gasteiger partial charge in [0.1, 0.15) is 12.4 Å². The zero-order valence-electron chi connectivity index (χ0n) is 10.7. The van der Waals surface area contributed by atoms with Crippen LogP contribution in [0.3, 0.4) is 0 Å². The van der Waals surface area contributed by atoms with E-state index in [0.717, 1.165) is 5.75 Å². The van der Waals surface area contributed by atoms with E-state index in [0.29, 0.717) is 19.3 Å². The normalized spacial score (nSPS) is 17.0. The van der Waals surface area contributed by atoms with Crippen LogP contribution in [-0.4, -0.2) is 19.3 Å². The Morgan fingerprint density at radius 3 is 2.41 bits per heavy atom. The van der Waals surface area contributed by atoms with Crippen molar-refractivity contribution in [2.75, 3.05) is 13.2 Å². The van der Waals surface area contributed by atoms with E-state index in [4.69, 9.17) is 9.47 Å². The van der Waals surface area contributed by atoms with E-state index in [9.17, 15) is 0 Å². The van der Waals surface area contributed by atoms with Gasteiger partial charge in [-0.3, -0.25) is 0 Å². The summed E-state index contributed by atoms with van der Waals surface area (Å²) in [6.45, 7) is 3.44. The molecule has 94 valence electrons. The molecule has 1 saturated carbocycles. The van der Waals surface area contributed by atoms with Gasteiger partial charge in [-0.25, -0.2) is 0 Å². The minimum absolute atomic E-state index is 0.477. The van der Waals surface area contributed by atoms with Crippen molar-refractivity contribution in [3.8, 4) is 5.75 Å². The minimum Gasteiger partial charge on any atom is -0.491 e. The van der Waals surface area contributed by atoms with Gasteiger partial charge in [-0.2, -0.15) is 0 Å². The highest BCUT2D eigenvalue weighted by Crippen LogP contribution is 2.20. The molecule has 1 aliphatic rings. The lowest BCUT2D eigenvalue weighted by molar-refractivity contribution is 0.0129. The maximum atomic E-state index is 5.80. The number of rotatable bonds is 5. The second-order valence-corrected chi connectivity index (χ2v) is 4.79. The molecule has 0 aromatic heterocycles. The molecule has 0 bridgehead atoms. The van der Waals surface area contributed by atoms with Gasteiger partial charge in [-0.1, -0.05) is 37.0 Å². The molecule has 0 atom stereocenters. The van der Waals surface area contributed by atoms with E-state index in [-0.39, 0.29) is 0 Å². The fourth-order valence-corrected chi connectivity index (χ4v) is 2.24. The van der Waals surface area contributed by atoms with Gasteiger partial charge in [0.25, 0.3) is 0 Å². The molecule has 0 amide bonds. The van der Waals surface area contributed by atoms with Crippen LogP contribution in [0.1, 0.15) is 37.7 Å². The third-order valence-corrected chi connectivity index (χ3v) is 3.28. The Labute approximate surface area is 104 Å². The first-order valence-electron chi connectivity index (χ1n) is 6.66. The lowest BCUT2D eigenvalue weighted by Gasteiger charge is -2.21. The molecule has 1 aromatic rings. The van der Waals surface area contributed by atoms with Gasteiger partial charge in [-0.05, 0) is 31.9 Å². The van der Waals surface area contributed by atoms with Crippen LogP contribution in [0.15, 0.2) is 24.3 Å². The highest BCUT2D eigenvalue weighted by Gasteiger charge is 2.13. The Bertz CT molecular complexity index is 312. The lowest BCUT2D eigenvalue weighted by Crippen LogP contribution is -2.19. The Balaban J connectivity index is 1.60. The zero-order valence-corrected chi connectivity index (χ0v) is 10.7. The molecule has 0 unspecified atom stereocenters. The fourth-order valence-electron chi connectivity index (χ4n) is 2.24. The molecule has 0 radical (unpaired) electrons. The van der Waals surface area contributed by atoms with Crippen molar-refractivity contribution in [1.29, 1.82) is 0 Å². The summed E-state index contributed by atoms with van der Waals surface area (Å²) in [5.74, 6) is 0.933. The van der Waals surface area contributed by atoms with E-state index in [1.54, 1.807) is 0 Å². The van der Waals surface area contributed by atoms with Crippen LogP contribution < -0.4 is 4.74 Å². The number of benzene rings is 1. The van der Waals surface area contributed by atoms with E-state index >= 15 is 0 Å². The average molecular weight is 234 g/mol. The van der Waals surface area contributed by atoms with Crippen LogP contribution >= 0.6 is 0 Å². The predicted octanol–water partition coefficient (Wildman–Crippen LogP) is 3.72. The molecule has 1 aromatic carbocycles. The molecule has 0 spiro atoms. The van der Waals surface area contributed by atoms with Gasteiger partial charge in [0, 0.05) is 0 Å². The van der Waals surface area contributed by atoms with Crippen molar-refractivity contribution in [3.63, 3.8) is 0 Å². The predicted molar refractivity (Wildman–Crippen MR) is 69.5 cm³/mol. The average Bonchev–Trinajstić information content (AvgIpc) is 2.38. The van der Waals surface area contributed by atoms with Crippen LogP contribution in [0, 0.1) is 6.92 Å². The van der Waals surface area contributed by atoms with Crippen molar-refractivity contribution < 1.29 is 9.47 Å². The maximum Gasteiger partial charge on any atom is 0.119 e. The Hall–Kier alpha value is -1.02. The summed E-state index contributed by atoms with van der Waals surface area (Å²) >= 11 is 0. The van der Waals surface area contributed by atoms with Crippen molar-refractivity contribution in [3.05, 3.63) is 29.8 Å². The largest absolute Gasteiger partial charge is 0.491 e. The number of aryl methyl sites for hydroxylation is 1. The summed E-state index contributed by atoms with van der Waals surface area (Å²) in [5.41, 5.74) is 1.26. The van der Waals surface area contributed by atoms with Crippen molar-refractivity contribution in [2.45, 2.75) is 45.1 Å². The van der Waals surface area contributed by atoms with E-state index in [2.05, 4.69) is 19.1 Å². The number of hydrogen-bond acceptors (Lipinski definition) is 2. The molecule has 0 saturated heterocycles. The third kappa shape index (κ3) is 4.39. The standard InChI is InChI=1S/C15H22O2/c1-13-7-9-15(10-8-13)17-12-11-16-14-5-3-2-4-6-14/h7-10,14H,2-6,11-12H2,1H3. The SMILES string of the molecule is Cc1ccc(OCCOC2CCCCC2)cc1. The summed E-state index contributed by atoms with van der Waals surface area (Å²) in [6.07, 6.45) is 6.95. The van der Waals surface area contributed by atoms with Crippen LogP contribution in [0.2, 0.25) is 0 Å². The summed E-state index contributed by atoms with van der Waals surface area (Å²) in [5, 5.41) is 0. The molecule has 0 heterocycles. The highest BCUT2D eigenvalue weighted by atomic mass is 16.5. The van der Waals surface area contributed by atoms with Gasteiger partial charge in [0.15, 0.2) is 0 Å². The van der Waals surface area contributed by atoms with Gasteiger partial charge in [-0.15, -0.1) is 0 Å². The number of ether oxygens (including phenoxy) is 2. The second kappa shape index (κ2) is 6.65. The molecule has 2 nitrogen and oxygen atoms in total. The quantitative estimate of drug-likeness (QED) is 0.723. The summed E-state index contributed by atoms with van der Waals surface area (Å²) in [4.78, 5) is 0. The first kappa shape index (κ1) is 12.4. The monoisotopic (exact) mass is 234 g/mol. The molecule has 0 aliphatic heterocycles. The smallest absolute Gasteiger partial charge is 0.119 e. The van der Waals surface area contributed by atoms with Gasteiger partial charge in [0.05, 0.1) is 12.7 Å². The van der Waals surface area contributed by atoms with Gasteiger partial charge in [0.2, 0.25) is 0 Å². The van der Waals surface area contributed by atoms with Crippen molar-refractivity contribution >= 4 is 0 Å². The van der Waals surface area contributed by atoms with Crippen molar-refractivity contribution in [2.24, 2.45) is 0 Å². The molecule has 0 N–H and O–H groups in total. The Morgan fingerprint density at radius 1 is 1.00 bits per heavy atom. The maximum absolute atomic E-state index is 5.80. The Morgan fingerprint density at radius 2 is 1.71 bits per heavy atom. The molecule has 1 aliphatic carbocycles. The molecule has 17 heavy (non-hydrogen) atoms. The first-order chi connectivity index (χ1) is 8.34. The number of hydrogen-bond donors (Lipinski definition) is 0. The van der Waals surface area contributed by atoms with E-state index in [1.165, 1.54) is 37.7 Å². The zero-order chi connectivity index (χ0) is 11.9. The second-order valence-electron chi connectivity index (χ2n) is 4.79. The molecule has 2 rings (SSSR count). The van der Waals surface area contributed by atoms with E-state index in [1.807, 2.05) is 12.1 Å². The van der Waals surface area contributed by atoms with Crippen LogP contribution in [0.25, 0.3) is 0 Å². The lowest BCUT2D eigenvalue weighted by atomic mass is 9.98. The third-order valence-electron chi connectivity index (χ3n) is 3.28. The first-order valence-corrected chi connectivity index (χ1v) is 6.66. The summed E-state index contributed by atoms with van der Waals surface area (Å²) in [6, 6.07) is 8.15. The van der Waals surface area contributed by atoms with Gasteiger partial charge < -0.3 is 9.47 Å². The molecule has 2 heteroatoms. The fraction of sp³-hybridized carbons (Fsp3) is 0.600. The topological polar surface area (TPSA) is 18.5 Å². The Kier molecular flexibility index (Phi) is 4.87. The van der Waals surface area contributed by atoms with Crippen LogP contribution in [0.4, 0.5) is 0 Å². The molecular formula is C15H22O2.